The number of H-pyrrole nitrogens is 1. The second-order valence-electron chi connectivity index (χ2n) is 8.12. The van der Waals surface area contributed by atoms with E-state index in [0.717, 1.165) is 21.9 Å². The van der Waals surface area contributed by atoms with Gasteiger partial charge in [0.15, 0.2) is 0 Å². The number of non-ortho nitro benzene ring substituents is 1. The summed E-state index contributed by atoms with van der Waals surface area (Å²) in [5.41, 5.74) is -1.30. The van der Waals surface area contributed by atoms with E-state index in [1.165, 1.54) is 26.2 Å². The molecule has 1 aliphatic rings. The summed E-state index contributed by atoms with van der Waals surface area (Å²) in [5.74, 6) is -2.52. The highest BCUT2D eigenvalue weighted by Gasteiger charge is 2.53. The molecule has 2 atom stereocenters. The normalized spacial score (nSPS) is 21.2. The number of phenolic OH excluding ortho intramolecular Hbond substituents is 1. The minimum absolute atomic E-state index is 0.0207. The zero-order chi connectivity index (χ0) is 24.1. The molecule has 1 saturated heterocycles. The molecule has 0 aliphatic carbocycles. The van der Waals surface area contributed by atoms with Crippen LogP contribution in [0.3, 0.4) is 0 Å². The lowest BCUT2D eigenvalue weighted by Crippen LogP contribution is -2.70. The van der Waals surface area contributed by atoms with Crippen LogP contribution in [0.2, 0.25) is 0 Å². The number of hydrogen-bond donors (Lipinski definition) is 3. The molecule has 10 nitrogen and oxygen atoms in total. The molecule has 0 unspecified atom stereocenters. The third-order valence-electron chi connectivity index (χ3n) is 6.07. The zero-order valence-corrected chi connectivity index (χ0v) is 17.8. The van der Waals surface area contributed by atoms with Gasteiger partial charge in [0.05, 0.1) is 15.8 Å². The van der Waals surface area contributed by atoms with Crippen molar-refractivity contribution < 1.29 is 29.1 Å². The van der Waals surface area contributed by atoms with E-state index in [2.05, 4.69) is 4.98 Å². The van der Waals surface area contributed by atoms with Crippen molar-refractivity contribution in [1.82, 2.24) is 14.8 Å². The second-order valence-corrected chi connectivity index (χ2v) is 8.12. The summed E-state index contributed by atoms with van der Waals surface area (Å²) >= 11 is 0. The number of nitro benzene ring substituents is 1. The number of aromatic hydroxyl groups is 1. The van der Waals surface area contributed by atoms with E-state index < -0.39 is 40.7 Å². The van der Waals surface area contributed by atoms with Crippen molar-refractivity contribution in [2.75, 3.05) is 14.1 Å². The van der Waals surface area contributed by atoms with Crippen LogP contribution in [0.25, 0.3) is 10.9 Å². The SMILES string of the molecule is CN1C(=O)[C@](O)(Cc2cc(O)cc(F)c2)N(C)C(=O)[C@@H]1Cc1c[nH]c2cccc([N+](=O)[O-])c12. The second kappa shape index (κ2) is 7.85. The number of halogens is 1. The van der Waals surface area contributed by atoms with Gasteiger partial charge in [0.1, 0.15) is 17.6 Å². The number of nitrogens with zero attached hydrogens (tertiary/aromatic N) is 3. The highest BCUT2D eigenvalue weighted by Crippen LogP contribution is 2.33. The standard InChI is InChI=1S/C22H21FN4O6/c1-25-18(8-13-11-24-16-4-3-5-17(19(13)16)27(32)33)20(29)26(2)22(31,21(25)30)10-12-6-14(23)9-15(28)7-12/h3-7,9,11,18,24,28,31H,8,10H2,1-2H3/t18-,22+/m0/s1. The molecule has 4 rings (SSSR count). The molecule has 1 aromatic heterocycles. The maximum atomic E-state index is 13.7. The van der Waals surface area contributed by atoms with Crippen molar-refractivity contribution in [3.05, 3.63) is 69.7 Å². The van der Waals surface area contributed by atoms with E-state index in [-0.39, 0.29) is 23.4 Å². The average Bonchev–Trinajstić information content (AvgIpc) is 3.16. The lowest BCUT2D eigenvalue weighted by Gasteiger charge is -2.47. The van der Waals surface area contributed by atoms with Gasteiger partial charge in [-0.1, -0.05) is 6.07 Å². The number of hydrogen-bond acceptors (Lipinski definition) is 6. The van der Waals surface area contributed by atoms with Crippen molar-refractivity contribution in [2.24, 2.45) is 0 Å². The number of rotatable bonds is 5. The maximum Gasteiger partial charge on any atom is 0.279 e. The summed E-state index contributed by atoms with van der Waals surface area (Å²) in [7, 11) is 2.62. The van der Waals surface area contributed by atoms with E-state index in [1.54, 1.807) is 18.3 Å². The molecule has 11 heteroatoms. The lowest BCUT2D eigenvalue weighted by molar-refractivity contribution is -0.383. The summed E-state index contributed by atoms with van der Waals surface area (Å²) in [6.45, 7) is 0. The number of piperazine rings is 1. The van der Waals surface area contributed by atoms with Gasteiger partial charge in [-0.3, -0.25) is 19.7 Å². The van der Waals surface area contributed by atoms with Crippen LogP contribution in [0.1, 0.15) is 11.1 Å². The first-order chi connectivity index (χ1) is 15.5. The molecule has 0 bridgehead atoms. The molecule has 0 radical (unpaired) electrons. The molecule has 33 heavy (non-hydrogen) atoms. The number of phenols is 1. The van der Waals surface area contributed by atoms with E-state index in [9.17, 15) is 34.3 Å². The van der Waals surface area contributed by atoms with Gasteiger partial charge in [-0.05, 0) is 29.3 Å². The fourth-order valence-electron chi connectivity index (χ4n) is 4.33. The van der Waals surface area contributed by atoms with Crippen LogP contribution in [0.15, 0.2) is 42.6 Å². The fourth-order valence-corrected chi connectivity index (χ4v) is 4.33. The van der Waals surface area contributed by atoms with Crippen LogP contribution in [0, 0.1) is 15.9 Å². The van der Waals surface area contributed by atoms with Crippen LogP contribution >= 0.6 is 0 Å². The first-order valence-electron chi connectivity index (χ1n) is 10.0. The van der Waals surface area contributed by atoms with Gasteiger partial charge < -0.3 is 25.0 Å². The molecule has 0 spiro atoms. The molecule has 2 aromatic carbocycles. The van der Waals surface area contributed by atoms with Gasteiger partial charge in [-0.25, -0.2) is 4.39 Å². The van der Waals surface area contributed by atoms with Gasteiger partial charge in [-0.15, -0.1) is 0 Å². The number of nitrogens with one attached hydrogen (secondary N) is 1. The largest absolute Gasteiger partial charge is 0.508 e. The smallest absolute Gasteiger partial charge is 0.279 e. The molecule has 2 heterocycles. The predicted octanol–water partition coefficient (Wildman–Crippen LogP) is 1.69. The van der Waals surface area contributed by atoms with Crippen LogP contribution in [-0.4, -0.2) is 67.6 Å². The summed E-state index contributed by atoms with van der Waals surface area (Å²) in [5, 5.41) is 32.6. The molecule has 1 fully saturated rings. The quantitative estimate of drug-likeness (QED) is 0.394. The van der Waals surface area contributed by atoms with E-state index >= 15 is 0 Å². The topological polar surface area (TPSA) is 140 Å². The van der Waals surface area contributed by atoms with Gasteiger partial charge in [0.2, 0.25) is 11.6 Å². The number of nitro groups is 1. The zero-order valence-electron chi connectivity index (χ0n) is 17.8. The van der Waals surface area contributed by atoms with E-state index in [4.69, 9.17) is 0 Å². The average molecular weight is 456 g/mol. The molecular weight excluding hydrogens is 435 g/mol. The van der Waals surface area contributed by atoms with Crippen molar-refractivity contribution in [1.29, 1.82) is 0 Å². The van der Waals surface area contributed by atoms with Crippen LogP contribution in [0.5, 0.6) is 5.75 Å². The number of benzene rings is 2. The highest BCUT2D eigenvalue weighted by molar-refractivity contribution is 5.99. The number of aromatic nitrogens is 1. The Morgan fingerprint density at radius 3 is 2.64 bits per heavy atom. The monoisotopic (exact) mass is 456 g/mol. The number of fused-ring (bicyclic) bond motifs is 1. The van der Waals surface area contributed by atoms with Gasteiger partial charge in [-0.2, -0.15) is 0 Å². The summed E-state index contributed by atoms with van der Waals surface area (Å²) in [4.78, 5) is 42.3. The Morgan fingerprint density at radius 1 is 1.24 bits per heavy atom. The number of aromatic amines is 1. The Bertz CT molecular complexity index is 1270. The Balaban J connectivity index is 1.66. The number of carbonyl (C=O) groups excluding carboxylic acids is 2. The van der Waals surface area contributed by atoms with Gasteiger partial charge >= 0.3 is 0 Å². The Kier molecular flexibility index (Phi) is 5.29. The predicted molar refractivity (Wildman–Crippen MR) is 115 cm³/mol. The van der Waals surface area contributed by atoms with Crippen LogP contribution in [0.4, 0.5) is 10.1 Å². The number of amides is 2. The van der Waals surface area contributed by atoms with E-state index in [1.807, 2.05) is 0 Å². The third kappa shape index (κ3) is 3.65. The Hall–Kier alpha value is -3.99. The van der Waals surface area contributed by atoms with Gasteiger partial charge in [0, 0.05) is 45.3 Å². The lowest BCUT2D eigenvalue weighted by atomic mass is 9.92. The number of carbonyl (C=O) groups is 2. The maximum absolute atomic E-state index is 13.7. The molecule has 172 valence electrons. The number of likely N-dealkylation sites (N-methyl/N-ethyl adjacent to an activating group) is 2. The fraction of sp³-hybridized carbons (Fsp3) is 0.273. The van der Waals surface area contributed by atoms with Gasteiger partial charge in [0.25, 0.3) is 11.6 Å². The van der Waals surface area contributed by atoms with Crippen molar-refractivity contribution in [3.8, 4) is 5.75 Å². The van der Waals surface area contributed by atoms with Crippen LogP contribution < -0.4 is 0 Å². The molecule has 1 aliphatic heterocycles. The highest BCUT2D eigenvalue weighted by atomic mass is 19.1. The summed E-state index contributed by atoms with van der Waals surface area (Å²) in [6.07, 6.45) is 1.10. The first-order valence-corrected chi connectivity index (χ1v) is 10.0. The Labute approximate surface area is 187 Å². The summed E-state index contributed by atoms with van der Waals surface area (Å²) < 4.78 is 13.7. The minimum atomic E-state index is -2.30. The minimum Gasteiger partial charge on any atom is -0.508 e. The van der Waals surface area contributed by atoms with Crippen molar-refractivity contribution >= 4 is 28.4 Å². The molecule has 3 aromatic rings. The third-order valence-corrected chi connectivity index (χ3v) is 6.07. The van der Waals surface area contributed by atoms with Crippen LogP contribution in [-0.2, 0) is 22.4 Å². The molecular formula is C22H21FN4O6. The summed E-state index contributed by atoms with van der Waals surface area (Å²) in [6, 6.07) is 6.68. The first kappa shape index (κ1) is 22.2. The number of aliphatic hydroxyl groups is 1. The Morgan fingerprint density at radius 2 is 1.97 bits per heavy atom. The van der Waals surface area contributed by atoms with E-state index in [0.29, 0.717) is 16.5 Å². The molecule has 0 saturated carbocycles. The molecule has 3 N–H and O–H groups in total. The van der Waals surface area contributed by atoms with Crippen molar-refractivity contribution in [2.45, 2.75) is 24.6 Å². The van der Waals surface area contributed by atoms with Crippen molar-refractivity contribution in [3.63, 3.8) is 0 Å². The molecule has 2 amide bonds.